The maximum atomic E-state index is 6.00. The largest absolute Gasteiger partial charge is 0.459 e. The number of benzene rings is 1. The summed E-state index contributed by atoms with van der Waals surface area (Å²) >= 11 is 0. The van der Waals surface area contributed by atoms with E-state index in [1.54, 1.807) is 0 Å². The van der Waals surface area contributed by atoms with E-state index in [2.05, 4.69) is 38.2 Å². The number of para-hydroxylation sites is 1. The van der Waals surface area contributed by atoms with E-state index in [4.69, 9.17) is 9.15 Å². The van der Waals surface area contributed by atoms with Gasteiger partial charge in [-0.25, -0.2) is 0 Å². The summed E-state index contributed by atoms with van der Waals surface area (Å²) in [6.45, 7) is 8.89. The molecular formula is C18H27NO2. The molecule has 0 saturated carbocycles. The number of ether oxygens (including phenoxy) is 1. The Balaban J connectivity index is 2.15. The fourth-order valence-electron chi connectivity index (χ4n) is 2.54. The number of furan rings is 1. The van der Waals surface area contributed by atoms with Crippen LogP contribution in [0.2, 0.25) is 0 Å². The van der Waals surface area contributed by atoms with Crippen molar-refractivity contribution in [1.29, 1.82) is 0 Å². The van der Waals surface area contributed by atoms with Crippen LogP contribution >= 0.6 is 0 Å². The van der Waals surface area contributed by atoms with Gasteiger partial charge in [0.05, 0.1) is 19.3 Å². The van der Waals surface area contributed by atoms with Crippen LogP contribution in [0.15, 0.2) is 28.7 Å². The maximum absolute atomic E-state index is 6.00. The molecule has 0 radical (unpaired) electrons. The Hall–Kier alpha value is -1.32. The van der Waals surface area contributed by atoms with E-state index in [1.165, 1.54) is 10.9 Å². The zero-order chi connectivity index (χ0) is 15.1. The van der Waals surface area contributed by atoms with Crippen LogP contribution in [0.25, 0.3) is 11.0 Å². The molecule has 1 N–H and O–H groups in total. The Labute approximate surface area is 127 Å². The normalized spacial score (nSPS) is 12.9. The van der Waals surface area contributed by atoms with Gasteiger partial charge in [-0.1, -0.05) is 38.5 Å². The first-order valence-electron chi connectivity index (χ1n) is 8.07. The quantitative estimate of drug-likeness (QED) is 0.683. The summed E-state index contributed by atoms with van der Waals surface area (Å²) in [6.07, 6.45) is 3.66. The van der Waals surface area contributed by atoms with Crippen LogP contribution in [-0.2, 0) is 17.9 Å². The summed E-state index contributed by atoms with van der Waals surface area (Å²) in [5.41, 5.74) is 2.14. The lowest BCUT2D eigenvalue weighted by molar-refractivity contribution is 0.0469. The van der Waals surface area contributed by atoms with E-state index in [1.807, 2.05) is 12.1 Å². The highest BCUT2D eigenvalue weighted by atomic mass is 16.5. The van der Waals surface area contributed by atoms with Crippen molar-refractivity contribution in [2.75, 3.05) is 6.54 Å². The highest BCUT2D eigenvalue weighted by Gasteiger charge is 2.14. The Morgan fingerprint density at radius 2 is 2.00 bits per heavy atom. The molecule has 1 aromatic carbocycles. The summed E-state index contributed by atoms with van der Waals surface area (Å²) in [6, 6.07) is 8.21. The highest BCUT2D eigenvalue weighted by Crippen LogP contribution is 2.27. The van der Waals surface area contributed by atoms with Gasteiger partial charge in [0.25, 0.3) is 0 Å². The molecule has 1 atom stereocenters. The minimum atomic E-state index is 0.292. The molecule has 3 nitrogen and oxygen atoms in total. The SMILES string of the molecule is CCCNCc1oc2ccccc2c1COC(C)CCC. The first-order chi connectivity index (χ1) is 10.3. The third-order valence-electron chi connectivity index (χ3n) is 3.70. The van der Waals surface area contributed by atoms with Crippen molar-refractivity contribution in [3.8, 4) is 0 Å². The van der Waals surface area contributed by atoms with Gasteiger partial charge in [-0.3, -0.25) is 0 Å². The Bertz CT molecular complexity index is 547. The third-order valence-corrected chi connectivity index (χ3v) is 3.70. The third kappa shape index (κ3) is 4.32. The molecule has 1 heterocycles. The van der Waals surface area contributed by atoms with Gasteiger partial charge in [0, 0.05) is 10.9 Å². The highest BCUT2D eigenvalue weighted by molar-refractivity contribution is 5.82. The zero-order valence-electron chi connectivity index (χ0n) is 13.4. The lowest BCUT2D eigenvalue weighted by Crippen LogP contribution is -2.15. The molecule has 0 bridgehead atoms. The average Bonchev–Trinajstić information content (AvgIpc) is 2.83. The van der Waals surface area contributed by atoms with E-state index in [-0.39, 0.29) is 0 Å². The number of fused-ring (bicyclic) bond motifs is 1. The van der Waals surface area contributed by atoms with Crippen molar-refractivity contribution in [2.45, 2.75) is 59.3 Å². The molecule has 2 rings (SSSR count). The van der Waals surface area contributed by atoms with Gasteiger partial charge in [-0.05, 0) is 32.4 Å². The molecule has 1 aromatic heterocycles. The van der Waals surface area contributed by atoms with Crippen LogP contribution in [0.3, 0.4) is 0 Å². The summed E-state index contributed by atoms with van der Waals surface area (Å²) < 4.78 is 12.0. The molecule has 0 spiro atoms. The van der Waals surface area contributed by atoms with Gasteiger partial charge in [0.1, 0.15) is 11.3 Å². The van der Waals surface area contributed by atoms with Crippen molar-refractivity contribution in [3.05, 3.63) is 35.6 Å². The van der Waals surface area contributed by atoms with E-state index in [0.29, 0.717) is 12.7 Å². The van der Waals surface area contributed by atoms with Gasteiger partial charge in [-0.15, -0.1) is 0 Å². The van der Waals surface area contributed by atoms with E-state index in [9.17, 15) is 0 Å². The number of rotatable bonds is 9. The molecule has 116 valence electrons. The van der Waals surface area contributed by atoms with Crippen molar-refractivity contribution >= 4 is 11.0 Å². The minimum absolute atomic E-state index is 0.292. The molecule has 21 heavy (non-hydrogen) atoms. The predicted molar refractivity (Wildman–Crippen MR) is 87.4 cm³/mol. The smallest absolute Gasteiger partial charge is 0.134 e. The van der Waals surface area contributed by atoms with Gasteiger partial charge in [0.2, 0.25) is 0 Å². The molecule has 2 aromatic rings. The van der Waals surface area contributed by atoms with Crippen molar-refractivity contribution in [1.82, 2.24) is 5.32 Å². The standard InChI is InChI=1S/C18H27NO2/c1-4-8-14(3)20-13-16-15-9-6-7-10-17(15)21-18(16)12-19-11-5-2/h6-7,9-10,14,19H,4-5,8,11-13H2,1-3H3. The Kier molecular flexibility index (Phi) is 6.27. The minimum Gasteiger partial charge on any atom is -0.459 e. The van der Waals surface area contributed by atoms with Crippen LogP contribution in [0.5, 0.6) is 0 Å². The van der Waals surface area contributed by atoms with E-state index < -0.39 is 0 Å². The fraction of sp³-hybridized carbons (Fsp3) is 0.556. The molecule has 0 saturated heterocycles. The molecule has 0 aliphatic heterocycles. The molecule has 0 amide bonds. The number of hydrogen-bond donors (Lipinski definition) is 1. The van der Waals surface area contributed by atoms with Gasteiger partial charge in [0.15, 0.2) is 0 Å². The monoisotopic (exact) mass is 289 g/mol. The average molecular weight is 289 g/mol. The molecular weight excluding hydrogens is 262 g/mol. The Morgan fingerprint density at radius 3 is 2.76 bits per heavy atom. The molecule has 0 aliphatic carbocycles. The van der Waals surface area contributed by atoms with Gasteiger partial charge >= 0.3 is 0 Å². The number of hydrogen-bond acceptors (Lipinski definition) is 3. The fourth-order valence-corrected chi connectivity index (χ4v) is 2.54. The van der Waals surface area contributed by atoms with Crippen LogP contribution in [-0.4, -0.2) is 12.6 Å². The van der Waals surface area contributed by atoms with E-state index in [0.717, 1.165) is 43.7 Å². The molecule has 3 heteroatoms. The number of nitrogens with one attached hydrogen (secondary N) is 1. The van der Waals surface area contributed by atoms with Gasteiger partial charge < -0.3 is 14.5 Å². The summed E-state index contributed by atoms with van der Waals surface area (Å²) in [5, 5.41) is 4.59. The van der Waals surface area contributed by atoms with Crippen LogP contribution in [0.1, 0.15) is 51.4 Å². The summed E-state index contributed by atoms with van der Waals surface area (Å²) in [7, 11) is 0. The van der Waals surface area contributed by atoms with Crippen LogP contribution < -0.4 is 5.32 Å². The second kappa shape index (κ2) is 8.20. The first kappa shape index (κ1) is 16.1. The van der Waals surface area contributed by atoms with Crippen LogP contribution in [0.4, 0.5) is 0 Å². The summed E-state index contributed by atoms with van der Waals surface area (Å²) in [5.74, 6) is 1.01. The Morgan fingerprint density at radius 1 is 1.19 bits per heavy atom. The zero-order valence-corrected chi connectivity index (χ0v) is 13.4. The first-order valence-corrected chi connectivity index (χ1v) is 8.07. The van der Waals surface area contributed by atoms with Crippen LogP contribution in [0, 0.1) is 0 Å². The second-order valence-corrected chi connectivity index (χ2v) is 5.59. The van der Waals surface area contributed by atoms with Crippen molar-refractivity contribution < 1.29 is 9.15 Å². The van der Waals surface area contributed by atoms with E-state index >= 15 is 0 Å². The summed E-state index contributed by atoms with van der Waals surface area (Å²) in [4.78, 5) is 0. The molecule has 0 fully saturated rings. The van der Waals surface area contributed by atoms with Crippen molar-refractivity contribution in [2.24, 2.45) is 0 Å². The molecule has 1 unspecified atom stereocenters. The molecule has 0 aliphatic rings. The maximum Gasteiger partial charge on any atom is 0.134 e. The van der Waals surface area contributed by atoms with Crippen molar-refractivity contribution in [3.63, 3.8) is 0 Å². The topological polar surface area (TPSA) is 34.4 Å². The lowest BCUT2D eigenvalue weighted by atomic mass is 10.1. The predicted octanol–water partition coefficient (Wildman–Crippen LogP) is 4.64. The second-order valence-electron chi connectivity index (χ2n) is 5.59. The van der Waals surface area contributed by atoms with Gasteiger partial charge in [-0.2, -0.15) is 0 Å². The lowest BCUT2D eigenvalue weighted by Gasteiger charge is -2.12.